The summed E-state index contributed by atoms with van der Waals surface area (Å²) in [5.74, 6) is -0.309. The Morgan fingerprint density at radius 2 is 1.93 bits per heavy atom. The van der Waals surface area contributed by atoms with Crippen LogP contribution in [0.1, 0.15) is 50.1 Å². The molecule has 0 amide bonds. The summed E-state index contributed by atoms with van der Waals surface area (Å²) in [5.41, 5.74) is 1.86. The van der Waals surface area contributed by atoms with Gasteiger partial charge in [-0.2, -0.15) is 0 Å². The summed E-state index contributed by atoms with van der Waals surface area (Å²) >= 11 is 1.24. The number of hydrogen-bond donors (Lipinski definition) is 1. The molecular formula is C20H20FN3O2S. The Hall–Kier alpha value is -2.15. The third kappa shape index (κ3) is 2.09. The Kier molecular flexibility index (Phi) is 3.20. The largest absolute Gasteiger partial charge is 0.366 e. The summed E-state index contributed by atoms with van der Waals surface area (Å²) in [6.07, 6.45) is 7.15. The molecule has 2 fully saturated rings. The number of H-pyrrole nitrogens is 1. The van der Waals surface area contributed by atoms with Gasteiger partial charge in [-0.1, -0.05) is 0 Å². The van der Waals surface area contributed by atoms with Gasteiger partial charge >= 0.3 is 0 Å². The van der Waals surface area contributed by atoms with Crippen molar-refractivity contribution in [2.45, 2.75) is 57.0 Å². The average molecular weight is 385 g/mol. The first-order valence-electron chi connectivity index (χ1n) is 9.82. The molecule has 0 bridgehead atoms. The fraction of sp³-hybridized carbons (Fsp3) is 0.500. The maximum atomic E-state index is 15.3. The minimum Gasteiger partial charge on any atom is -0.366 e. The fourth-order valence-corrected chi connectivity index (χ4v) is 6.12. The number of nitrogens with zero attached hydrogens (tertiary/aromatic N) is 2. The van der Waals surface area contributed by atoms with E-state index >= 15 is 4.39 Å². The second-order valence-electron chi connectivity index (χ2n) is 8.11. The molecule has 27 heavy (non-hydrogen) atoms. The van der Waals surface area contributed by atoms with Crippen molar-refractivity contribution in [3.05, 3.63) is 38.0 Å². The molecule has 1 aromatic carbocycles. The Labute approximate surface area is 158 Å². The first-order valence-corrected chi connectivity index (χ1v) is 10.6. The average Bonchev–Trinajstić information content (AvgIpc) is 3.32. The fourth-order valence-electron chi connectivity index (χ4n) is 5.20. The van der Waals surface area contributed by atoms with Crippen molar-refractivity contribution in [1.29, 1.82) is 0 Å². The predicted molar refractivity (Wildman–Crippen MR) is 106 cm³/mol. The number of aromatic amines is 1. The molecule has 1 unspecified atom stereocenters. The van der Waals surface area contributed by atoms with E-state index in [1.54, 1.807) is 0 Å². The van der Waals surface area contributed by atoms with Gasteiger partial charge in [0.05, 0.1) is 11.2 Å². The zero-order valence-corrected chi connectivity index (χ0v) is 15.7. The van der Waals surface area contributed by atoms with Gasteiger partial charge in [0.1, 0.15) is 16.0 Å². The molecular weight excluding hydrogens is 365 g/mol. The summed E-state index contributed by atoms with van der Waals surface area (Å²) in [7, 11) is 0. The van der Waals surface area contributed by atoms with Crippen LogP contribution in [0.4, 0.5) is 10.1 Å². The Morgan fingerprint density at radius 3 is 2.74 bits per heavy atom. The molecule has 7 heteroatoms. The number of anilines is 1. The summed E-state index contributed by atoms with van der Waals surface area (Å²) in [6.45, 7) is 0.882. The van der Waals surface area contributed by atoms with Gasteiger partial charge < -0.3 is 9.47 Å². The summed E-state index contributed by atoms with van der Waals surface area (Å²) < 4.78 is 20.2. The van der Waals surface area contributed by atoms with Crippen LogP contribution in [0.15, 0.2) is 15.7 Å². The molecule has 1 N–H and O–H groups in total. The lowest BCUT2D eigenvalue weighted by molar-refractivity contribution is 0.583. The monoisotopic (exact) mass is 385 g/mol. The van der Waals surface area contributed by atoms with Crippen molar-refractivity contribution >= 4 is 38.3 Å². The smallest absolute Gasteiger partial charge is 0.271 e. The number of benzene rings is 1. The van der Waals surface area contributed by atoms with Gasteiger partial charge in [-0.3, -0.25) is 14.0 Å². The van der Waals surface area contributed by atoms with Crippen LogP contribution < -0.4 is 15.9 Å². The first kappa shape index (κ1) is 15.9. The van der Waals surface area contributed by atoms with E-state index in [2.05, 4.69) is 13.8 Å². The van der Waals surface area contributed by atoms with Gasteiger partial charge in [0, 0.05) is 29.6 Å². The highest BCUT2D eigenvalue weighted by molar-refractivity contribution is 7.12. The second-order valence-corrected chi connectivity index (χ2v) is 8.90. The van der Waals surface area contributed by atoms with Crippen molar-refractivity contribution in [3.63, 3.8) is 0 Å². The van der Waals surface area contributed by atoms with Gasteiger partial charge in [-0.05, 0) is 62.5 Å². The lowest BCUT2D eigenvalue weighted by Crippen LogP contribution is -2.29. The quantitative estimate of drug-likeness (QED) is 0.695. The van der Waals surface area contributed by atoms with Crippen LogP contribution in [0.2, 0.25) is 0 Å². The predicted octanol–water partition coefficient (Wildman–Crippen LogP) is 3.68. The molecule has 1 saturated heterocycles. The van der Waals surface area contributed by atoms with Gasteiger partial charge in [-0.25, -0.2) is 4.39 Å². The number of aromatic nitrogens is 2. The Bertz CT molecular complexity index is 1220. The molecule has 5 nitrogen and oxygen atoms in total. The number of nitrogens with one attached hydrogen (secondary N) is 1. The number of aryl methyl sites for hydroxylation is 1. The van der Waals surface area contributed by atoms with Crippen LogP contribution in [0.5, 0.6) is 0 Å². The number of fused-ring (bicyclic) bond motifs is 6. The highest BCUT2D eigenvalue weighted by atomic mass is 32.1. The molecule has 2 aromatic heterocycles. The lowest BCUT2D eigenvalue weighted by atomic mass is 10.0. The van der Waals surface area contributed by atoms with E-state index in [-0.39, 0.29) is 22.2 Å². The van der Waals surface area contributed by atoms with Gasteiger partial charge in [0.2, 0.25) is 5.43 Å². The van der Waals surface area contributed by atoms with Crippen molar-refractivity contribution in [2.24, 2.45) is 0 Å². The Balaban J connectivity index is 1.81. The van der Waals surface area contributed by atoms with E-state index in [9.17, 15) is 9.59 Å². The van der Waals surface area contributed by atoms with E-state index in [4.69, 9.17) is 0 Å². The maximum absolute atomic E-state index is 15.3. The molecule has 1 aliphatic carbocycles. The van der Waals surface area contributed by atoms with Gasteiger partial charge in [0.25, 0.3) is 5.56 Å². The molecule has 1 saturated carbocycles. The van der Waals surface area contributed by atoms with Crippen molar-refractivity contribution in [1.82, 2.24) is 8.94 Å². The van der Waals surface area contributed by atoms with Crippen molar-refractivity contribution in [3.8, 4) is 0 Å². The summed E-state index contributed by atoms with van der Waals surface area (Å²) in [5, 5.41) is 0.554. The summed E-state index contributed by atoms with van der Waals surface area (Å²) in [6, 6.07) is 2.10. The first-order chi connectivity index (χ1) is 13.1. The maximum Gasteiger partial charge on any atom is 0.271 e. The van der Waals surface area contributed by atoms with E-state index in [1.165, 1.54) is 17.6 Å². The number of rotatable bonds is 1. The van der Waals surface area contributed by atoms with Crippen LogP contribution in [0, 0.1) is 5.82 Å². The molecule has 2 aliphatic heterocycles. The molecule has 4 heterocycles. The molecule has 0 spiro atoms. The molecule has 1 atom stereocenters. The zero-order valence-electron chi connectivity index (χ0n) is 14.9. The van der Waals surface area contributed by atoms with E-state index in [0.717, 1.165) is 67.4 Å². The van der Waals surface area contributed by atoms with Crippen molar-refractivity contribution < 1.29 is 4.39 Å². The SMILES string of the molecule is O=c1[nH]sc2c1c(=O)c1cc(F)c3c(c1n2C1CC1)CCCC1CCCN31. The Morgan fingerprint density at radius 1 is 1.11 bits per heavy atom. The van der Waals surface area contributed by atoms with E-state index in [1.807, 2.05) is 0 Å². The standard InChI is InChI=1S/C20H20FN3O2S/c21-14-9-13-16(12-5-1-3-10-4-2-8-23(10)17(12)14)24(11-6-7-11)20-15(18(13)25)19(26)22-27-20/h9-11H,1-8H2,(H,22,26). The van der Waals surface area contributed by atoms with Gasteiger partial charge in [-0.15, -0.1) is 0 Å². The number of hydrogen-bond acceptors (Lipinski definition) is 4. The van der Waals surface area contributed by atoms with E-state index < -0.39 is 0 Å². The second kappa shape index (κ2) is 5.44. The minimum absolute atomic E-state index is 0.187. The topological polar surface area (TPSA) is 58.1 Å². The number of halogens is 1. The van der Waals surface area contributed by atoms with Crippen LogP contribution in [0.3, 0.4) is 0 Å². The van der Waals surface area contributed by atoms with Crippen LogP contribution >= 0.6 is 11.5 Å². The number of pyridine rings is 1. The zero-order chi connectivity index (χ0) is 18.3. The summed E-state index contributed by atoms with van der Waals surface area (Å²) in [4.78, 5) is 28.3. The van der Waals surface area contributed by atoms with Crippen LogP contribution in [-0.2, 0) is 6.42 Å². The van der Waals surface area contributed by atoms with Crippen LogP contribution in [0.25, 0.3) is 21.1 Å². The molecule has 0 radical (unpaired) electrons. The normalized spacial score (nSPS) is 22.3. The molecule has 140 valence electrons. The minimum atomic E-state index is -0.355. The molecule has 6 rings (SSSR count). The van der Waals surface area contributed by atoms with Crippen LogP contribution in [-0.4, -0.2) is 21.5 Å². The molecule has 3 aromatic rings. The lowest BCUT2D eigenvalue weighted by Gasteiger charge is -2.27. The van der Waals surface area contributed by atoms with Gasteiger partial charge in [0.15, 0.2) is 0 Å². The highest BCUT2D eigenvalue weighted by Gasteiger charge is 2.35. The highest BCUT2D eigenvalue weighted by Crippen LogP contribution is 2.45. The van der Waals surface area contributed by atoms with Crippen molar-refractivity contribution in [2.75, 3.05) is 11.4 Å². The molecule has 3 aliphatic rings. The van der Waals surface area contributed by atoms with E-state index in [0.29, 0.717) is 23.2 Å². The third-order valence-corrected chi connectivity index (χ3v) is 7.36. The third-order valence-electron chi connectivity index (χ3n) is 6.48.